The standard InChI is InChI=1S/C8H8N2O/c1-2-8(11)6-5-10-4-3-7(6)9/h2-5H,1H2,(H2,9,10). The van der Waals surface area contributed by atoms with Crippen LogP contribution in [0.2, 0.25) is 0 Å². The molecule has 0 fully saturated rings. The summed E-state index contributed by atoms with van der Waals surface area (Å²) in [6.07, 6.45) is 4.18. The first-order valence-electron chi connectivity index (χ1n) is 3.12. The third kappa shape index (κ3) is 1.43. The molecule has 56 valence electrons. The van der Waals surface area contributed by atoms with Crippen LogP contribution in [0.4, 0.5) is 5.69 Å². The fourth-order valence-electron chi connectivity index (χ4n) is 0.721. The molecule has 1 rings (SSSR count). The fraction of sp³-hybridized carbons (Fsp3) is 0. The Kier molecular flexibility index (Phi) is 2.01. The van der Waals surface area contributed by atoms with E-state index in [0.29, 0.717) is 11.3 Å². The molecule has 0 atom stereocenters. The number of ketones is 1. The lowest BCUT2D eigenvalue weighted by atomic mass is 10.1. The number of anilines is 1. The monoisotopic (exact) mass is 148 g/mol. The van der Waals surface area contributed by atoms with Gasteiger partial charge in [-0.3, -0.25) is 9.78 Å². The van der Waals surface area contributed by atoms with Crippen LogP contribution in [0.1, 0.15) is 10.4 Å². The number of nitrogens with two attached hydrogens (primary N) is 1. The molecule has 0 saturated carbocycles. The van der Waals surface area contributed by atoms with Gasteiger partial charge in [0, 0.05) is 18.1 Å². The number of nitrogen functional groups attached to an aromatic ring is 1. The van der Waals surface area contributed by atoms with Crippen LogP contribution in [0.3, 0.4) is 0 Å². The fourth-order valence-corrected chi connectivity index (χ4v) is 0.721. The Morgan fingerprint density at radius 3 is 3.00 bits per heavy atom. The van der Waals surface area contributed by atoms with E-state index in [-0.39, 0.29) is 5.78 Å². The summed E-state index contributed by atoms with van der Waals surface area (Å²) in [5, 5.41) is 0. The summed E-state index contributed by atoms with van der Waals surface area (Å²) in [6.45, 7) is 3.35. The van der Waals surface area contributed by atoms with Gasteiger partial charge >= 0.3 is 0 Å². The Morgan fingerprint density at radius 2 is 2.45 bits per heavy atom. The molecule has 0 spiro atoms. The van der Waals surface area contributed by atoms with E-state index in [2.05, 4.69) is 11.6 Å². The Bertz CT molecular complexity index is 294. The van der Waals surface area contributed by atoms with Gasteiger partial charge in [-0.15, -0.1) is 0 Å². The highest BCUT2D eigenvalue weighted by molar-refractivity contribution is 6.07. The summed E-state index contributed by atoms with van der Waals surface area (Å²) in [7, 11) is 0. The molecular formula is C8H8N2O. The van der Waals surface area contributed by atoms with Gasteiger partial charge in [-0.1, -0.05) is 6.58 Å². The Labute approximate surface area is 64.6 Å². The van der Waals surface area contributed by atoms with Gasteiger partial charge in [0.15, 0.2) is 5.78 Å². The minimum Gasteiger partial charge on any atom is -0.398 e. The van der Waals surface area contributed by atoms with E-state index < -0.39 is 0 Å². The molecule has 1 aromatic heterocycles. The molecule has 1 aromatic rings. The van der Waals surface area contributed by atoms with E-state index in [9.17, 15) is 4.79 Å². The molecule has 0 unspecified atom stereocenters. The first-order chi connectivity index (χ1) is 5.25. The van der Waals surface area contributed by atoms with Crippen LogP contribution in [0.5, 0.6) is 0 Å². The highest BCUT2D eigenvalue weighted by Gasteiger charge is 2.03. The maximum atomic E-state index is 11.0. The van der Waals surface area contributed by atoms with Gasteiger partial charge in [0.05, 0.1) is 5.56 Å². The van der Waals surface area contributed by atoms with E-state index >= 15 is 0 Å². The van der Waals surface area contributed by atoms with Gasteiger partial charge in [-0.25, -0.2) is 0 Å². The van der Waals surface area contributed by atoms with Crippen LogP contribution < -0.4 is 5.73 Å². The third-order valence-corrected chi connectivity index (χ3v) is 1.31. The van der Waals surface area contributed by atoms with Gasteiger partial charge < -0.3 is 5.73 Å². The molecule has 1 heterocycles. The number of hydrogen-bond donors (Lipinski definition) is 1. The summed E-state index contributed by atoms with van der Waals surface area (Å²) in [5.74, 6) is -0.199. The molecule has 2 N–H and O–H groups in total. The molecule has 0 aliphatic rings. The van der Waals surface area contributed by atoms with Crippen molar-refractivity contribution in [1.82, 2.24) is 4.98 Å². The zero-order valence-corrected chi connectivity index (χ0v) is 5.95. The van der Waals surface area contributed by atoms with E-state index in [1.54, 1.807) is 6.07 Å². The number of hydrogen-bond acceptors (Lipinski definition) is 3. The first-order valence-corrected chi connectivity index (χ1v) is 3.12. The van der Waals surface area contributed by atoms with Crippen LogP contribution in [-0.2, 0) is 0 Å². The van der Waals surface area contributed by atoms with Crippen molar-refractivity contribution >= 4 is 11.5 Å². The minimum absolute atomic E-state index is 0.199. The SMILES string of the molecule is C=CC(=O)c1cnccc1N. The average Bonchev–Trinajstić information content (AvgIpc) is 2.04. The van der Waals surface area contributed by atoms with Gasteiger partial charge in [-0.05, 0) is 12.1 Å². The number of nitrogens with zero attached hydrogens (tertiary/aromatic N) is 1. The second-order valence-corrected chi connectivity index (χ2v) is 2.03. The first kappa shape index (κ1) is 7.47. The van der Waals surface area contributed by atoms with Crippen molar-refractivity contribution in [3.05, 3.63) is 36.7 Å². The van der Waals surface area contributed by atoms with Crippen LogP contribution in [0.15, 0.2) is 31.1 Å². The zero-order valence-electron chi connectivity index (χ0n) is 5.95. The number of allylic oxidation sites excluding steroid dienone is 1. The largest absolute Gasteiger partial charge is 0.398 e. The molecular weight excluding hydrogens is 140 g/mol. The number of aromatic nitrogens is 1. The number of rotatable bonds is 2. The molecule has 0 bridgehead atoms. The van der Waals surface area contributed by atoms with Crippen molar-refractivity contribution in [2.45, 2.75) is 0 Å². The second kappa shape index (κ2) is 2.96. The van der Waals surface area contributed by atoms with Crippen LogP contribution in [0, 0.1) is 0 Å². The molecule has 0 amide bonds. The van der Waals surface area contributed by atoms with Crippen molar-refractivity contribution in [2.24, 2.45) is 0 Å². The molecule has 0 aliphatic heterocycles. The van der Waals surface area contributed by atoms with Crippen molar-refractivity contribution in [3.8, 4) is 0 Å². The van der Waals surface area contributed by atoms with Crippen LogP contribution >= 0.6 is 0 Å². The van der Waals surface area contributed by atoms with Crippen LogP contribution in [0.25, 0.3) is 0 Å². The molecule has 3 heteroatoms. The molecule has 0 aliphatic carbocycles. The maximum absolute atomic E-state index is 11.0. The summed E-state index contributed by atoms with van der Waals surface area (Å²) in [4.78, 5) is 14.8. The molecule has 0 aromatic carbocycles. The smallest absolute Gasteiger partial charge is 0.188 e. The Hall–Kier alpha value is -1.64. The average molecular weight is 148 g/mol. The Balaban J connectivity index is 3.13. The summed E-state index contributed by atoms with van der Waals surface area (Å²) >= 11 is 0. The van der Waals surface area contributed by atoms with E-state index in [1.165, 1.54) is 18.5 Å². The van der Waals surface area contributed by atoms with Crippen molar-refractivity contribution in [1.29, 1.82) is 0 Å². The van der Waals surface area contributed by atoms with E-state index in [0.717, 1.165) is 0 Å². The van der Waals surface area contributed by atoms with E-state index in [4.69, 9.17) is 5.73 Å². The lowest BCUT2D eigenvalue weighted by molar-refractivity contribution is 0.104. The number of carbonyl (C=O) groups is 1. The lowest BCUT2D eigenvalue weighted by Gasteiger charge is -1.97. The number of pyridine rings is 1. The topological polar surface area (TPSA) is 56.0 Å². The predicted octanol–water partition coefficient (Wildman–Crippen LogP) is 1.03. The van der Waals surface area contributed by atoms with Crippen molar-refractivity contribution < 1.29 is 4.79 Å². The van der Waals surface area contributed by atoms with Gasteiger partial charge in [-0.2, -0.15) is 0 Å². The summed E-state index contributed by atoms with van der Waals surface area (Å²) < 4.78 is 0. The highest BCUT2D eigenvalue weighted by atomic mass is 16.1. The quantitative estimate of drug-likeness (QED) is 0.503. The maximum Gasteiger partial charge on any atom is 0.188 e. The van der Waals surface area contributed by atoms with E-state index in [1.807, 2.05) is 0 Å². The predicted molar refractivity (Wildman–Crippen MR) is 43.2 cm³/mol. The normalized spacial score (nSPS) is 9.09. The van der Waals surface area contributed by atoms with Gasteiger partial charge in [0.2, 0.25) is 0 Å². The van der Waals surface area contributed by atoms with Gasteiger partial charge in [0.1, 0.15) is 0 Å². The van der Waals surface area contributed by atoms with Gasteiger partial charge in [0.25, 0.3) is 0 Å². The second-order valence-electron chi connectivity index (χ2n) is 2.03. The lowest BCUT2D eigenvalue weighted by Crippen LogP contribution is -2.00. The minimum atomic E-state index is -0.199. The Morgan fingerprint density at radius 1 is 1.73 bits per heavy atom. The van der Waals surface area contributed by atoms with Crippen LogP contribution in [-0.4, -0.2) is 10.8 Å². The molecule has 0 radical (unpaired) electrons. The third-order valence-electron chi connectivity index (χ3n) is 1.31. The zero-order chi connectivity index (χ0) is 8.27. The summed E-state index contributed by atoms with van der Waals surface area (Å²) in [6, 6.07) is 1.58. The molecule has 0 saturated heterocycles. The highest BCUT2D eigenvalue weighted by Crippen LogP contribution is 2.08. The van der Waals surface area contributed by atoms with Crippen molar-refractivity contribution in [2.75, 3.05) is 5.73 Å². The number of carbonyl (C=O) groups excluding carboxylic acids is 1. The van der Waals surface area contributed by atoms with Crippen molar-refractivity contribution in [3.63, 3.8) is 0 Å². The molecule has 3 nitrogen and oxygen atoms in total. The summed E-state index contributed by atoms with van der Waals surface area (Å²) in [5.41, 5.74) is 6.33. The molecule has 11 heavy (non-hydrogen) atoms.